The maximum absolute atomic E-state index is 5.83. The molecule has 0 spiro atoms. The molecule has 5 rings (SSSR count). The van der Waals surface area contributed by atoms with Crippen LogP contribution in [0.4, 0.5) is 11.4 Å². The van der Waals surface area contributed by atoms with Gasteiger partial charge in [-0.05, 0) is 90.4 Å². The molecule has 0 unspecified atom stereocenters. The monoisotopic (exact) mass is 320 g/mol. The average molecular weight is 321 g/mol. The van der Waals surface area contributed by atoms with Crippen molar-refractivity contribution in [2.75, 3.05) is 11.1 Å². The number of halogens is 1. The normalized spacial score (nSPS) is 39.5. The average Bonchev–Trinajstić information content (AvgIpc) is 2.31. The minimum atomic E-state index is 0.368. The number of anilines is 2. The van der Waals surface area contributed by atoms with Crippen LogP contribution in [0.15, 0.2) is 22.7 Å². The van der Waals surface area contributed by atoms with E-state index in [0.717, 1.165) is 27.9 Å². The number of hydrogen-bond acceptors (Lipinski definition) is 2. The Bertz CT molecular complexity index is 476. The Morgan fingerprint density at radius 3 is 2.16 bits per heavy atom. The Morgan fingerprint density at radius 2 is 1.63 bits per heavy atom. The molecule has 4 fully saturated rings. The van der Waals surface area contributed by atoms with Crippen molar-refractivity contribution in [1.82, 2.24) is 0 Å². The first-order valence-corrected chi connectivity index (χ1v) is 8.24. The van der Waals surface area contributed by atoms with Crippen molar-refractivity contribution < 1.29 is 0 Å². The van der Waals surface area contributed by atoms with Gasteiger partial charge in [0.1, 0.15) is 0 Å². The molecule has 0 amide bonds. The van der Waals surface area contributed by atoms with E-state index in [9.17, 15) is 0 Å². The summed E-state index contributed by atoms with van der Waals surface area (Å²) in [7, 11) is 0. The van der Waals surface area contributed by atoms with Crippen LogP contribution in [0.1, 0.15) is 38.5 Å². The van der Waals surface area contributed by atoms with Gasteiger partial charge in [-0.25, -0.2) is 0 Å². The van der Waals surface area contributed by atoms with Crippen LogP contribution >= 0.6 is 15.9 Å². The molecule has 0 aliphatic heterocycles. The van der Waals surface area contributed by atoms with Crippen LogP contribution in [0, 0.1) is 17.8 Å². The first kappa shape index (κ1) is 12.1. The Balaban J connectivity index is 1.62. The molecule has 4 aliphatic rings. The molecule has 19 heavy (non-hydrogen) atoms. The number of nitrogen functional groups attached to an aromatic ring is 1. The summed E-state index contributed by atoms with van der Waals surface area (Å²) < 4.78 is 1.10. The first-order valence-electron chi connectivity index (χ1n) is 7.45. The van der Waals surface area contributed by atoms with E-state index in [1.807, 2.05) is 12.1 Å². The van der Waals surface area contributed by atoms with E-state index in [4.69, 9.17) is 5.73 Å². The summed E-state index contributed by atoms with van der Waals surface area (Å²) >= 11 is 3.64. The zero-order valence-corrected chi connectivity index (χ0v) is 12.7. The molecule has 0 heterocycles. The van der Waals surface area contributed by atoms with Crippen LogP contribution in [0.3, 0.4) is 0 Å². The maximum atomic E-state index is 5.83. The third-order valence-corrected chi connectivity index (χ3v) is 6.09. The summed E-state index contributed by atoms with van der Waals surface area (Å²) in [6, 6.07) is 6.12. The predicted molar refractivity (Wildman–Crippen MR) is 83.1 cm³/mol. The third kappa shape index (κ3) is 2.06. The van der Waals surface area contributed by atoms with Gasteiger partial charge in [-0.1, -0.05) is 0 Å². The Kier molecular flexibility index (Phi) is 2.63. The molecule has 4 aliphatic carbocycles. The van der Waals surface area contributed by atoms with Gasteiger partial charge < -0.3 is 11.1 Å². The number of rotatable bonds is 2. The fourth-order valence-corrected chi connectivity index (χ4v) is 5.68. The second-order valence-corrected chi connectivity index (χ2v) is 7.92. The fraction of sp³-hybridized carbons (Fsp3) is 0.625. The van der Waals surface area contributed by atoms with Crippen molar-refractivity contribution >= 4 is 27.3 Å². The molecule has 2 nitrogen and oxygen atoms in total. The van der Waals surface area contributed by atoms with Gasteiger partial charge >= 0.3 is 0 Å². The van der Waals surface area contributed by atoms with Crippen LogP contribution in [0.2, 0.25) is 0 Å². The smallest absolute Gasteiger partial charge is 0.0490 e. The number of benzene rings is 1. The van der Waals surface area contributed by atoms with Crippen LogP contribution in [0.25, 0.3) is 0 Å². The van der Waals surface area contributed by atoms with Gasteiger partial charge in [0, 0.05) is 21.4 Å². The number of nitrogens with one attached hydrogen (secondary N) is 1. The summed E-state index contributed by atoms with van der Waals surface area (Å²) in [4.78, 5) is 0. The molecular weight excluding hydrogens is 300 g/mol. The lowest BCUT2D eigenvalue weighted by molar-refractivity contribution is 0.0107. The molecule has 1 aromatic rings. The highest BCUT2D eigenvalue weighted by molar-refractivity contribution is 9.10. The van der Waals surface area contributed by atoms with Gasteiger partial charge in [0.2, 0.25) is 0 Å². The van der Waals surface area contributed by atoms with E-state index in [0.29, 0.717) is 5.54 Å². The van der Waals surface area contributed by atoms with Gasteiger partial charge in [-0.15, -0.1) is 0 Å². The van der Waals surface area contributed by atoms with Crippen molar-refractivity contribution in [3.63, 3.8) is 0 Å². The van der Waals surface area contributed by atoms with E-state index in [1.165, 1.54) is 44.2 Å². The zero-order chi connectivity index (χ0) is 13.0. The lowest BCUT2D eigenvalue weighted by Gasteiger charge is -2.57. The van der Waals surface area contributed by atoms with Crippen LogP contribution in [-0.4, -0.2) is 5.54 Å². The van der Waals surface area contributed by atoms with Crippen molar-refractivity contribution in [3.05, 3.63) is 22.7 Å². The molecule has 3 heteroatoms. The highest BCUT2D eigenvalue weighted by Gasteiger charge is 2.50. The minimum absolute atomic E-state index is 0.368. The molecule has 4 bridgehead atoms. The summed E-state index contributed by atoms with van der Waals surface area (Å²) in [6.07, 6.45) is 8.58. The van der Waals surface area contributed by atoms with E-state index >= 15 is 0 Å². The molecule has 102 valence electrons. The van der Waals surface area contributed by atoms with Gasteiger partial charge in [-0.2, -0.15) is 0 Å². The first-order chi connectivity index (χ1) is 9.12. The molecule has 0 radical (unpaired) electrons. The van der Waals surface area contributed by atoms with Crippen molar-refractivity contribution in [2.24, 2.45) is 17.8 Å². The summed E-state index contributed by atoms with van der Waals surface area (Å²) in [5.41, 5.74) is 8.24. The largest absolute Gasteiger partial charge is 0.399 e. The summed E-state index contributed by atoms with van der Waals surface area (Å²) in [5, 5.41) is 3.88. The number of hydrogen-bond donors (Lipinski definition) is 2. The second-order valence-electron chi connectivity index (χ2n) is 7.06. The Morgan fingerprint density at radius 1 is 1.05 bits per heavy atom. The lowest BCUT2D eigenvalue weighted by atomic mass is 9.53. The van der Waals surface area contributed by atoms with Crippen LogP contribution in [0.5, 0.6) is 0 Å². The maximum Gasteiger partial charge on any atom is 0.0490 e. The van der Waals surface area contributed by atoms with Crippen LogP contribution in [-0.2, 0) is 0 Å². The third-order valence-electron chi connectivity index (χ3n) is 5.43. The van der Waals surface area contributed by atoms with Crippen molar-refractivity contribution in [3.8, 4) is 0 Å². The SMILES string of the molecule is Nc1ccc(NC23CC4CC(CC(C4)C2)C3)c(Br)c1. The van der Waals surface area contributed by atoms with Crippen molar-refractivity contribution in [2.45, 2.75) is 44.1 Å². The summed E-state index contributed by atoms with van der Waals surface area (Å²) in [5.74, 6) is 2.93. The molecule has 0 saturated heterocycles. The zero-order valence-electron chi connectivity index (χ0n) is 11.2. The second kappa shape index (κ2) is 4.15. The fourth-order valence-electron chi connectivity index (χ4n) is 5.18. The van der Waals surface area contributed by atoms with Gasteiger partial charge in [0.15, 0.2) is 0 Å². The Hall–Kier alpha value is -0.700. The number of nitrogens with two attached hydrogens (primary N) is 1. The predicted octanol–water partition coefficient (Wildman–Crippen LogP) is 4.41. The highest BCUT2D eigenvalue weighted by Crippen LogP contribution is 2.56. The van der Waals surface area contributed by atoms with E-state index in [2.05, 4.69) is 27.3 Å². The molecule has 3 N–H and O–H groups in total. The highest BCUT2D eigenvalue weighted by atomic mass is 79.9. The molecule has 4 saturated carbocycles. The van der Waals surface area contributed by atoms with E-state index < -0.39 is 0 Å². The topological polar surface area (TPSA) is 38.0 Å². The van der Waals surface area contributed by atoms with E-state index in [1.54, 1.807) is 0 Å². The van der Waals surface area contributed by atoms with Crippen LogP contribution < -0.4 is 11.1 Å². The lowest BCUT2D eigenvalue weighted by Crippen LogP contribution is -2.54. The quantitative estimate of drug-likeness (QED) is 0.792. The van der Waals surface area contributed by atoms with Crippen molar-refractivity contribution in [1.29, 1.82) is 0 Å². The molecule has 1 aromatic carbocycles. The molecule has 0 atom stereocenters. The minimum Gasteiger partial charge on any atom is -0.399 e. The Labute approximate surface area is 123 Å². The standard InChI is InChI=1S/C16H21BrN2/c17-14-6-13(18)1-2-15(14)19-16-7-10-3-11(8-16)5-12(4-10)9-16/h1-2,6,10-12,19H,3-5,7-9,18H2. The molecular formula is C16H21BrN2. The van der Waals surface area contributed by atoms with Gasteiger partial charge in [0.05, 0.1) is 0 Å². The summed E-state index contributed by atoms with van der Waals surface area (Å²) in [6.45, 7) is 0. The van der Waals surface area contributed by atoms with E-state index in [-0.39, 0.29) is 0 Å². The molecule has 0 aromatic heterocycles. The van der Waals surface area contributed by atoms with Gasteiger partial charge in [0.25, 0.3) is 0 Å². The van der Waals surface area contributed by atoms with Gasteiger partial charge in [-0.3, -0.25) is 0 Å².